The maximum atomic E-state index is 15.5. The maximum Gasteiger partial charge on any atom is 0.263 e. The number of anilines is 1. The van der Waals surface area contributed by atoms with E-state index < -0.39 is 21.4 Å². The van der Waals surface area contributed by atoms with Crippen molar-refractivity contribution in [3.63, 3.8) is 0 Å². The second-order valence-electron chi connectivity index (χ2n) is 9.56. The monoisotopic (exact) mass is 527 g/mol. The fourth-order valence-electron chi connectivity index (χ4n) is 4.81. The molecule has 2 aromatic heterocycles. The molecule has 0 saturated carbocycles. The molecule has 0 spiro atoms. The third-order valence-corrected chi connectivity index (χ3v) is 7.88. The van der Waals surface area contributed by atoms with Gasteiger partial charge in [0.1, 0.15) is 17.8 Å². The van der Waals surface area contributed by atoms with Crippen LogP contribution in [-0.4, -0.2) is 37.5 Å². The molecule has 1 saturated heterocycles. The van der Waals surface area contributed by atoms with Crippen molar-refractivity contribution in [1.29, 1.82) is 0 Å². The van der Waals surface area contributed by atoms with Crippen molar-refractivity contribution in [1.82, 2.24) is 9.72 Å². The number of rotatable bonds is 6. The molecule has 9 nitrogen and oxygen atoms in total. The molecule has 0 amide bonds. The van der Waals surface area contributed by atoms with E-state index in [0.717, 1.165) is 0 Å². The van der Waals surface area contributed by atoms with Crippen LogP contribution in [0.15, 0.2) is 69.0 Å². The number of ether oxygens (including phenoxy) is 2. The van der Waals surface area contributed by atoms with Crippen LogP contribution in [-0.2, 0) is 14.8 Å². The summed E-state index contributed by atoms with van der Waals surface area (Å²) in [5.74, 6) is -0.127. The lowest BCUT2D eigenvalue weighted by Gasteiger charge is -2.36. The van der Waals surface area contributed by atoms with Gasteiger partial charge in [0.05, 0.1) is 28.8 Å². The molecule has 5 rings (SSSR count). The molecule has 2 aromatic carbocycles. The van der Waals surface area contributed by atoms with Gasteiger partial charge in [-0.2, -0.15) is 0 Å². The molecule has 1 atom stereocenters. The molecule has 1 N–H and O–H groups in total. The lowest BCUT2D eigenvalue weighted by atomic mass is 9.83. The highest BCUT2D eigenvalue weighted by Gasteiger charge is 2.32. The average molecular weight is 528 g/mol. The first-order valence-electron chi connectivity index (χ1n) is 11.7. The minimum atomic E-state index is -3.96. The third-order valence-electron chi connectivity index (χ3n) is 6.53. The van der Waals surface area contributed by atoms with E-state index in [2.05, 4.69) is 14.4 Å². The van der Waals surface area contributed by atoms with E-state index in [-0.39, 0.29) is 27.9 Å². The van der Waals surface area contributed by atoms with Crippen molar-refractivity contribution in [3.8, 4) is 11.4 Å². The van der Waals surface area contributed by atoms with Crippen molar-refractivity contribution in [3.05, 3.63) is 76.5 Å². The first kappa shape index (κ1) is 25.0. The van der Waals surface area contributed by atoms with E-state index in [1.807, 2.05) is 13.8 Å². The van der Waals surface area contributed by atoms with Gasteiger partial charge >= 0.3 is 0 Å². The summed E-state index contributed by atoms with van der Waals surface area (Å²) in [6.07, 6.45) is 2.58. The predicted molar refractivity (Wildman–Crippen MR) is 135 cm³/mol. The minimum Gasteiger partial charge on any atom is -0.495 e. The van der Waals surface area contributed by atoms with Gasteiger partial charge in [0.2, 0.25) is 0 Å². The zero-order chi connectivity index (χ0) is 26.4. The van der Waals surface area contributed by atoms with Crippen LogP contribution in [0.4, 0.5) is 10.2 Å². The first-order chi connectivity index (χ1) is 17.6. The van der Waals surface area contributed by atoms with Gasteiger partial charge in [-0.15, -0.1) is 0 Å². The fraction of sp³-hybridized carbons (Fsp3) is 0.308. The number of benzene rings is 2. The number of aromatic nitrogens is 2. The van der Waals surface area contributed by atoms with Crippen LogP contribution in [0, 0.1) is 5.82 Å². The lowest BCUT2D eigenvalue weighted by molar-refractivity contribution is -0.0596. The Morgan fingerprint density at radius 3 is 2.68 bits per heavy atom. The van der Waals surface area contributed by atoms with Crippen LogP contribution in [0.25, 0.3) is 16.6 Å². The highest BCUT2D eigenvalue weighted by molar-refractivity contribution is 7.92. The Bertz CT molecular complexity index is 1630. The largest absolute Gasteiger partial charge is 0.495 e. The summed E-state index contributed by atoms with van der Waals surface area (Å²) >= 11 is 0. The predicted octanol–water partition coefficient (Wildman–Crippen LogP) is 4.60. The Morgan fingerprint density at radius 1 is 1.16 bits per heavy atom. The minimum absolute atomic E-state index is 0.0381. The number of sulfonamides is 1. The van der Waals surface area contributed by atoms with E-state index in [1.165, 1.54) is 60.4 Å². The number of fused-ring (bicyclic) bond motifs is 1. The van der Waals surface area contributed by atoms with Crippen molar-refractivity contribution in [2.45, 2.75) is 43.1 Å². The van der Waals surface area contributed by atoms with Crippen molar-refractivity contribution < 1.29 is 26.8 Å². The number of hydrogen-bond acceptors (Lipinski definition) is 7. The second-order valence-corrected chi connectivity index (χ2v) is 11.2. The summed E-state index contributed by atoms with van der Waals surface area (Å²) < 4.78 is 60.8. The molecule has 11 heteroatoms. The molecule has 0 aliphatic carbocycles. The molecule has 1 aliphatic rings. The number of halogens is 1. The number of pyridine rings is 1. The van der Waals surface area contributed by atoms with E-state index in [9.17, 15) is 13.2 Å². The Balaban J connectivity index is 1.59. The molecule has 0 bridgehead atoms. The number of nitrogens with zero attached hydrogens (tertiary/aromatic N) is 2. The smallest absolute Gasteiger partial charge is 0.263 e. The highest BCUT2D eigenvalue weighted by atomic mass is 32.2. The molecule has 0 unspecified atom stereocenters. The number of nitrogens with one attached hydrogen (secondary N) is 1. The molecule has 4 aromatic rings. The molecule has 194 valence electrons. The van der Waals surface area contributed by atoms with E-state index >= 15 is 4.39 Å². The fourth-order valence-corrected chi connectivity index (χ4v) is 5.84. The topological polar surface area (TPSA) is 113 Å². The molecule has 37 heavy (non-hydrogen) atoms. The van der Waals surface area contributed by atoms with Gasteiger partial charge in [0.25, 0.3) is 15.6 Å². The molecule has 3 heterocycles. The third kappa shape index (κ3) is 4.84. The highest BCUT2D eigenvalue weighted by Crippen LogP contribution is 2.39. The summed E-state index contributed by atoms with van der Waals surface area (Å²) in [6.45, 7) is 4.49. The Kier molecular flexibility index (Phi) is 6.28. The lowest BCUT2D eigenvalue weighted by Crippen LogP contribution is -2.33. The van der Waals surface area contributed by atoms with Crippen LogP contribution < -0.4 is 15.0 Å². The van der Waals surface area contributed by atoms with Gasteiger partial charge in [0.15, 0.2) is 5.82 Å². The average Bonchev–Trinajstić information content (AvgIpc) is 3.35. The van der Waals surface area contributed by atoms with Crippen molar-refractivity contribution in [2.24, 2.45) is 0 Å². The molecular formula is C26H26FN3O6S. The van der Waals surface area contributed by atoms with Gasteiger partial charge in [-0.25, -0.2) is 12.8 Å². The summed E-state index contributed by atoms with van der Waals surface area (Å²) in [5, 5.41) is 4.02. The van der Waals surface area contributed by atoms with Crippen LogP contribution in [0.5, 0.6) is 5.75 Å². The first-order valence-corrected chi connectivity index (χ1v) is 13.2. The summed E-state index contributed by atoms with van der Waals surface area (Å²) in [4.78, 5) is 13.0. The van der Waals surface area contributed by atoms with Crippen LogP contribution in [0.3, 0.4) is 0 Å². The molecular weight excluding hydrogens is 501 g/mol. The maximum absolute atomic E-state index is 15.5. The molecule has 1 fully saturated rings. The summed E-state index contributed by atoms with van der Waals surface area (Å²) in [7, 11) is -2.50. The van der Waals surface area contributed by atoms with Crippen molar-refractivity contribution >= 4 is 26.7 Å². The van der Waals surface area contributed by atoms with Crippen molar-refractivity contribution in [2.75, 3.05) is 18.4 Å². The van der Waals surface area contributed by atoms with Gasteiger partial charge in [-0.1, -0.05) is 5.16 Å². The number of hydrogen-bond donors (Lipinski definition) is 1. The van der Waals surface area contributed by atoms with E-state index in [1.54, 1.807) is 6.07 Å². The van der Waals surface area contributed by atoms with Crippen LogP contribution in [0.2, 0.25) is 0 Å². The zero-order valence-corrected chi connectivity index (χ0v) is 21.3. The normalized spacial score (nSPS) is 17.6. The zero-order valence-electron chi connectivity index (χ0n) is 20.5. The van der Waals surface area contributed by atoms with Gasteiger partial charge in [-0.3, -0.25) is 14.1 Å². The van der Waals surface area contributed by atoms with E-state index in [0.29, 0.717) is 41.7 Å². The Morgan fingerprint density at radius 2 is 1.97 bits per heavy atom. The second kappa shape index (κ2) is 9.31. The molecule has 0 radical (unpaired) electrons. The Labute approximate surface area is 212 Å². The molecule has 1 aliphatic heterocycles. The van der Waals surface area contributed by atoms with E-state index in [4.69, 9.17) is 9.47 Å². The Hall–Kier alpha value is -3.70. The van der Waals surface area contributed by atoms with Gasteiger partial charge in [0, 0.05) is 30.2 Å². The van der Waals surface area contributed by atoms with Crippen LogP contribution >= 0.6 is 0 Å². The summed E-state index contributed by atoms with van der Waals surface area (Å²) in [5.41, 5.74) is 0.348. The number of methoxy groups -OCH3 is 1. The standard InChI is InChI=1S/C26H26FN3O6S/c1-26(2)15-17(8-10-35-26)19-13-23(34-3)22(14-20(19)27)30-21-6-5-18(12-16(21)4-7-25(30)31)37(32,33)29-24-9-11-36-28-24/h4-7,9,11-14,17H,8,10,15H2,1-3H3,(H,28,29)/t17-/m1/s1. The van der Waals surface area contributed by atoms with Gasteiger partial charge < -0.3 is 14.0 Å². The van der Waals surface area contributed by atoms with Gasteiger partial charge in [-0.05, 0) is 68.5 Å². The van der Waals surface area contributed by atoms with Crippen LogP contribution in [0.1, 0.15) is 38.2 Å². The quantitative estimate of drug-likeness (QED) is 0.390. The summed E-state index contributed by atoms with van der Waals surface area (Å²) in [6, 6.07) is 11.4. The SMILES string of the molecule is COc1cc([C@@H]2CCOC(C)(C)C2)c(F)cc1-n1c(=O)ccc2cc(S(=O)(=O)Nc3ccon3)ccc21.